The number of nitro groups is 1. The van der Waals surface area contributed by atoms with Gasteiger partial charge >= 0.3 is 0 Å². The number of rotatable bonds is 5. The van der Waals surface area contributed by atoms with Crippen LogP contribution in [-0.2, 0) is 0 Å². The highest BCUT2D eigenvalue weighted by molar-refractivity contribution is 5.45. The maximum atomic E-state index is 14.2. The second-order valence-electron chi connectivity index (χ2n) is 5.11. The molecular weight excluding hydrogens is 300 g/mol. The minimum atomic E-state index is -3.54. The van der Waals surface area contributed by atoms with Crippen LogP contribution in [0.4, 0.5) is 14.5 Å². The van der Waals surface area contributed by atoms with Gasteiger partial charge in [0.15, 0.2) is 0 Å². The number of nitrogens with zero attached hydrogens (tertiary/aromatic N) is 2. The summed E-state index contributed by atoms with van der Waals surface area (Å²) in [6.45, 7) is 0.107. The summed E-state index contributed by atoms with van der Waals surface area (Å²) in [7, 11) is 0. The number of hydrogen-bond acceptors (Lipinski definition) is 6. The smallest absolute Gasteiger partial charge is 0.290 e. The van der Waals surface area contributed by atoms with Gasteiger partial charge in [-0.05, 0) is 6.07 Å². The number of phenols is 1. The van der Waals surface area contributed by atoms with Gasteiger partial charge in [-0.15, -0.1) is 0 Å². The Morgan fingerprint density at radius 1 is 1.41 bits per heavy atom. The monoisotopic (exact) mass is 317 g/mol. The summed E-state index contributed by atoms with van der Waals surface area (Å²) in [5, 5.41) is 32.8. The SMILES string of the molecule is O=[N+]([O-])c1ccc(O)c([C@H](N2CCNCC2)C(F)(F)CO)c1. The van der Waals surface area contributed by atoms with Crippen LogP contribution in [0.2, 0.25) is 0 Å². The largest absolute Gasteiger partial charge is 0.508 e. The second-order valence-corrected chi connectivity index (χ2v) is 5.11. The van der Waals surface area contributed by atoms with Crippen LogP contribution in [0.3, 0.4) is 0 Å². The van der Waals surface area contributed by atoms with Crippen LogP contribution < -0.4 is 5.32 Å². The molecule has 122 valence electrons. The van der Waals surface area contributed by atoms with Gasteiger partial charge in [0.05, 0.1) is 4.92 Å². The molecule has 0 saturated carbocycles. The molecule has 1 atom stereocenters. The number of nitrogens with one attached hydrogen (secondary N) is 1. The number of piperazine rings is 1. The van der Waals surface area contributed by atoms with E-state index in [4.69, 9.17) is 5.11 Å². The molecule has 0 spiro atoms. The van der Waals surface area contributed by atoms with E-state index < -0.39 is 29.2 Å². The number of aliphatic hydroxyl groups excluding tert-OH is 1. The van der Waals surface area contributed by atoms with Crippen molar-refractivity contribution in [2.45, 2.75) is 12.0 Å². The predicted molar refractivity (Wildman–Crippen MR) is 74.0 cm³/mol. The van der Waals surface area contributed by atoms with E-state index in [1.807, 2.05) is 0 Å². The molecular formula is C13H17F2N3O4. The number of aromatic hydroxyl groups is 1. The molecule has 1 aliphatic rings. The Morgan fingerprint density at radius 2 is 2.05 bits per heavy atom. The summed E-state index contributed by atoms with van der Waals surface area (Å²) in [5.41, 5.74) is -0.642. The van der Waals surface area contributed by atoms with Gasteiger partial charge in [-0.1, -0.05) is 0 Å². The minimum absolute atomic E-state index is 0.254. The van der Waals surface area contributed by atoms with Crippen molar-refractivity contribution in [2.24, 2.45) is 0 Å². The highest BCUT2D eigenvalue weighted by Gasteiger charge is 2.45. The van der Waals surface area contributed by atoms with Gasteiger partial charge < -0.3 is 15.5 Å². The minimum Gasteiger partial charge on any atom is -0.508 e. The molecule has 0 unspecified atom stereocenters. The molecule has 0 bridgehead atoms. The summed E-state index contributed by atoms with van der Waals surface area (Å²) >= 11 is 0. The molecule has 2 rings (SSSR count). The first-order valence-electron chi connectivity index (χ1n) is 6.77. The Bertz CT molecular complexity index is 550. The third kappa shape index (κ3) is 3.32. The lowest BCUT2D eigenvalue weighted by molar-refractivity contribution is -0.385. The first kappa shape index (κ1) is 16.5. The van der Waals surface area contributed by atoms with Gasteiger partial charge in [0.1, 0.15) is 18.4 Å². The average molecular weight is 317 g/mol. The number of alkyl halides is 2. The molecule has 1 saturated heterocycles. The maximum Gasteiger partial charge on any atom is 0.290 e. The second kappa shape index (κ2) is 6.51. The molecule has 1 aromatic rings. The Kier molecular flexibility index (Phi) is 4.89. The van der Waals surface area contributed by atoms with E-state index in [9.17, 15) is 24.0 Å². The van der Waals surface area contributed by atoms with Crippen molar-refractivity contribution in [3.8, 4) is 5.75 Å². The summed E-state index contributed by atoms with van der Waals surface area (Å²) in [6.07, 6.45) is 0. The fraction of sp³-hybridized carbons (Fsp3) is 0.538. The van der Waals surface area contributed by atoms with E-state index in [0.29, 0.717) is 13.1 Å². The highest BCUT2D eigenvalue weighted by atomic mass is 19.3. The Hall–Kier alpha value is -1.84. The standard InChI is InChI=1S/C13H17F2N3O4/c14-13(15,8-19)12(17-5-3-16-4-6-17)10-7-9(18(21)22)1-2-11(10)20/h1-2,7,12,16,19-20H,3-6,8H2/t12-/m0/s1. The lowest BCUT2D eigenvalue weighted by Gasteiger charge is -2.38. The molecule has 1 heterocycles. The number of nitro benzene ring substituents is 1. The lowest BCUT2D eigenvalue weighted by Crippen LogP contribution is -2.51. The van der Waals surface area contributed by atoms with Crippen molar-refractivity contribution in [3.63, 3.8) is 0 Å². The fourth-order valence-electron chi connectivity index (χ4n) is 2.59. The quantitative estimate of drug-likeness (QED) is 0.551. The van der Waals surface area contributed by atoms with Crippen LogP contribution in [0.5, 0.6) is 5.75 Å². The zero-order chi connectivity index (χ0) is 16.3. The molecule has 7 nitrogen and oxygen atoms in total. The van der Waals surface area contributed by atoms with Crippen molar-refractivity contribution < 1.29 is 23.9 Å². The van der Waals surface area contributed by atoms with Gasteiger partial charge in [-0.25, -0.2) is 8.78 Å². The van der Waals surface area contributed by atoms with Crippen molar-refractivity contribution in [3.05, 3.63) is 33.9 Å². The molecule has 22 heavy (non-hydrogen) atoms. The molecule has 1 aromatic carbocycles. The van der Waals surface area contributed by atoms with Crippen LogP contribution in [0.25, 0.3) is 0 Å². The average Bonchev–Trinajstić information content (AvgIpc) is 2.50. The first-order valence-corrected chi connectivity index (χ1v) is 6.77. The van der Waals surface area contributed by atoms with Crippen LogP contribution in [0.1, 0.15) is 11.6 Å². The third-order valence-corrected chi connectivity index (χ3v) is 3.64. The van der Waals surface area contributed by atoms with Crippen LogP contribution in [-0.4, -0.2) is 58.7 Å². The molecule has 0 radical (unpaired) electrons. The zero-order valence-electron chi connectivity index (χ0n) is 11.7. The molecule has 0 amide bonds. The van der Waals surface area contributed by atoms with Crippen molar-refractivity contribution in [1.29, 1.82) is 0 Å². The van der Waals surface area contributed by atoms with Crippen LogP contribution in [0, 0.1) is 10.1 Å². The number of non-ortho nitro benzene ring substituents is 1. The molecule has 0 aromatic heterocycles. The van der Waals surface area contributed by atoms with E-state index >= 15 is 0 Å². The van der Waals surface area contributed by atoms with Gasteiger partial charge in [-0.3, -0.25) is 15.0 Å². The zero-order valence-corrected chi connectivity index (χ0v) is 11.7. The van der Waals surface area contributed by atoms with Gasteiger partial charge in [0, 0.05) is 43.9 Å². The van der Waals surface area contributed by atoms with E-state index in [1.165, 1.54) is 4.90 Å². The summed E-state index contributed by atoms with van der Waals surface area (Å²) in [4.78, 5) is 11.5. The van der Waals surface area contributed by atoms with E-state index in [-0.39, 0.29) is 24.3 Å². The van der Waals surface area contributed by atoms with E-state index in [1.54, 1.807) is 0 Å². The molecule has 3 N–H and O–H groups in total. The maximum absolute atomic E-state index is 14.2. The normalized spacial score (nSPS) is 18.1. The summed E-state index contributed by atoms with van der Waals surface area (Å²) in [6, 6.07) is 1.38. The fourth-order valence-corrected chi connectivity index (χ4v) is 2.59. The topological polar surface area (TPSA) is 98.9 Å². The number of hydrogen-bond donors (Lipinski definition) is 3. The summed E-state index contributed by atoms with van der Waals surface area (Å²) < 4.78 is 28.4. The van der Waals surface area contributed by atoms with Gasteiger partial charge in [0.2, 0.25) is 0 Å². The number of aliphatic hydroxyl groups is 1. The van der Waals surface area contributed by atoms with E-state index in [0.717, 1.165) is 18.2 Å². The van der Waals surface area contributed by atoms with Crippen LogP contribution in [0.15, 0.2) is 18.2 Å². The van der Waals surface area contributed by atoms with Crippen LogP contribution >= 0.6 is 0 Å². The molecule has 9 heteroatoms. The predicted octanol–water partition coefficient (Wildman–Crippen LogP) is 0.874. The summed E-state index contributed by atoms with van der Waals surface area (Å²) in [5.74, 6) is -3.99. The first-order chi connectivity index (χ1) is 10.4. The van der Waals surface area contributed by atoms with Crippen molar-refractivity contribution >= 4 is 5.69 Å². The number of phenolic OH excluding ortho intramolecular Hbond substituents is 1. The third-order valence-electron chi connectivity index (χ3n) is 3.64. The lowest BCUT2D eigenvalue weighted by atomic mass is 9.96. The van der Waals surface area contributed by atoms with Gasteiger partial charge in [-0.2, -0.15) is 0 Å². The number of halogens is 2. The van der Waals surface area contributed by atoms with Gasteiger partial charge in [0.25, 0.3) is 11.6 Å². The highest BCUT2D eigenvalue weighted by Crippen LogP contribution is 2.41. The molecule has 0 aliphatic carbocycles. The number of benzene rings is 1. The molecule has 1 aliphatic heterocycles. The van der Waals surface area contributed by atoms with E-state index in [2.05, 4.69) is 5.32 Å². The molecule has 1 fully saturated rings. The Labute approximate surface area is 125 Å². The van der Waals surface area contributed by atoms with Crippen molar-refractivity contribution in [1.82, 2.24) is 10.2 Å². The van der Waals surface area contributed by atoms with Crippen molar-refractivity contribution in [2.75, 3.05) is 32.8 Å². The Morgan fingerprint density at radius 3 is 2.59 bits per heavy atom. The Balaban J connectivity index is 2.48.